The number of benzene rings is 1. The molecule has 2 N–H and O–H groups in total. The zero-order valence-electron chi connectivity index (χ0n) is 8.02. The fourth-order valence-corrected chi connectivity index (χ4v) is 1.74. The highest BCUT2D eigenvalue weighted by molar-refractivity contribution is 14.1. The minimum atomic E-state index is 0.417. The van der Waals surface area contributed by atoms with Crippen LogP contribution >= 0.6 is 34.2 Å². The molecule has 1 heterocycles. The van der Waals surface area contributed by atoms with Crippen molar-refractivity contribution in [2.45, 2.75) is 0 Å². The van der Waals surface area contributed by atoms with Crippen molar-refractivity contribution < 1.29 is 4.74 Å². The smallest absolute Gasteiger partial charge is 0.235 e. The van der Waals surface area contributed by atoms with Crippen LogP contribution in [0.5, 0.6) is 11.6 Å². The van der Waals surface area contributed by atoms with Crippen LogP contribution in [0.4, 0.5) is 5.69 Å². The van der Waals surface area contributed by atoms with Gasteiger partial charge in [0.15, 0.2) is 5.75 Å². The van der Waals surface area contributed by atoms with E-state index in [9.17, 15) is 0 Å². The minimum absolute atomic E-state index is 0.417. The Morgan fingerprint density at radius 2 is 2.19 bits per heavy atom. The van der Waals surface area contributed by atoms with Crippen molar-refractivity contribution in [3.8, 4) is 11.6 Å². The third-order valence-corrected chi connectivity index (χ3v) is 2.87. The Labute approximate surface area is 111 Å². The van der Waals surface area contributed by atoms with Crippen LogP contribution in [0.15, 0.2) is 30.7 Å². The highest BCUT2D eigenvalue weighted by Crippen LogP contribution is 2.34. The lowest BCUT2D eigenvalue weighted by molar-refractivity contribution is 0.460. The Kier molecular flexibility index (Phi) is 3.45. The van der Waals surface area contributed by atoms with Crippen LogP contribution in [-0.4, -0.2) is 9.97 Å². The summed E-state index contributed by atoms with van der Waals surface area (Å²) >= 11 is 8.06. The van der Waals surface area contributed by atoms with Gasteiger partial charge in [-0.15, -0.1) is 0 Å². The molecule has 0 saturated heterocycles. The zero-order chi connectivity index (χ0) is 11.5. The SMILES string of the molecule is Nc1cccc(Cl)c1Oc1ncncc1I. The number of aromatic nitrogens is 2. The van der Waals surface area contributed by atoms with E-state index < -0.39 is 0 Å². The van der Waals surface area contributed by atoms with Gasteiger partial charge in [-0.2, -0.15) is 0 Å². The molecule has 1 aromatic carbocycles. The fourth-order valence-electron chi connectivity index (χ4n) is 1.11. The Morgan fingerprint density at radius 3 is 2.88 bits per heavy atom. The van der Waals surface area contributed by atoms with Gasteiger partial charge < -0.3 is 10.5 Å². The number of rotatable bonds is 2. The Balaban J connectivity index is 2.38. The number of nitrogen functional groups attached to an aromatic ring is 1. The van der Waals surface area contributed by atoms with Gasteiger partial charge in [0.1, 0.15) is 6.33 Å². The van der Waals surface area contributed by atoms with Crippen LogP contribution in [0.2, 0.25) is 5.02 Å². The van der Waals surface area contributed by atoms with Crippen LogP contribution in [-0.2, 0) is 0 Å². The third kappa shape index (κ3) is 2.35. The second-order valence-corrected chi connectivity index (χ2v) is 4.51. The molecule has 0 atom stereocenters. The van der Waals surface area contributed by atoms with Gasteiger partial charge in [-0.25, -0.2) is 9.97 Å². The minimum Gasteiger partial charge on any atom is -0.434 e. The summed E-state index contributed by atoms with van der Waals surface area (Å²) in [4.78, 5) is 7.87. The summed E-state index contributed by atoms with van der Waals surface area (Å²) in [5, 5.41) is 0.453. The number of ether oxygens (including phenoxy) is 1. The molecule has 6 heteroatoms. The fraction of sp³-hybridized carbons (Fsp3) is 0. The molecule has 0 aliphatic rings. The Hall–Kier alpha value is -1.08. The van der Waals surface area contributed by atoms with E-state index in [-0.39, 0.29) is 0 Å². The summed E-state index contributed by atoms with van der Waals surface area (Å²) in [6.07, 6.45) is 3.06. The van der Waals surface area contributed by atoms with E-state index in [0.29, 0.717) is 22.3 Å². The lowest BCUT2D eigenvalue weighted by Gasteiger charge is -2.09. The molecule has 2 rings (SSSR count). The summed E-state index contributed by atoms with van der Waals surface area (Å²) < 4.78 is 6.35. The van der Waals surface area contributed by atoms with E-state index >= 15 is 0 Å². The van der Waals surface area contributed by atoms with E-state index in [0.717, 1.165) is 3.57 Å². The van der Waals surface area contributed by atoms with Crippen molar-refractivity contribution in [2.75, 3.05) is 5.73 Å². The topological polar surface area (TPSA) is 61.0 Å². The van der Waals surface area contributed by atoms with E-state index in [4.69, 9.17) is 22.1 Å². The molecule has 0 amide bonds. The van der Waals surface area contributed by atoms with E-state index in [1.165, 1.54) is 6.33 Å². The Bertz CT molecular complexity index is 501. The van der Waals surface area contributed by atoms with Gasteiger partial charge in [0, 0.05) is 6.20 Å². The second kappa shape index (κ2) is 4.84. The number of hydrogen-bond acceptors (Lipinski definition) is 4. The summed E-state index contributed by atoms with van der Waals surface area (Å²) in [6, 6.07) is 5.19. The molecular formula is C10H7ClIN3O. The number of para-hydroxylation sites is 1. The largest absolute Gasteiger partial charge is 0.434 e. The number of anilines is 1. The van der Waals surface area contributed by atoms with Crippen molar-refractivity contribution in [2.24, 2.45) is 0 Å². The molecule has 0 unspecified atom stereocenters. The first-order valence-electron chi connectivity index (χ1n) is 4.36. The maximum Gasteiger partial charge on any atom is 0.235 e. The molecule has 4 nitrogen and oxygen atoms in total. The van der Waals surface area contributed by atoms with Crippen LogP contribution in [0.3, 0.4) is 0 Å². The van der Waals surface area contributed by atoms with E-state index in [1.807, 2.05) is 0 Å². The van der Waals surface area contributed by atoms with Crippen LogP contribution in [0.1, 0.15) is 0 Å². The number of nitrogens with two attached hydrogens (primary N) is 1. The number of hydrogen-bond donors (Lipinski definition) is 1. The average Bonchev–Trinajstić information content (AvgIpc) is 2.26. The van der Waals surface area contributed by atoms with Gasteiger partial charge in [-0.3, -0.25) is 0 Å². The molecule has 0 aliphatic carbocycles. The van der Waals surface area contributed by atoms with Crippen LogP contribution in [0, 0.1) is 3.57 Å². The Morgan fingerprint density at radius 1 is 1.38 bits per heavy atom. The van der Waals surface area contributed by atoms with Gasteiger partial charge in [-0.1, -0.05) is 17.7 Å². The van der Waals surface area contributed by atoms with Gasteiger partial charge in [0.05, 0.1) is 14.3 Å². The highest BCUT2D eigenvalue weighted by atomic mass is 127. The average molecular weight is 348 g/mol. The molecule has 16 heavy (non-hydrogen) atoms. The summed E-state index contributed by atoms with van der Waals surface area (Å²) in [7, 11) is 0. The molecule has 0 spiro atoms. The maximum absolute atomic E-state index is 5.98. The summed E-state index contributed by atoms with van der Waals surface area (Å²) in [6.45, 7) is 0. The summed E-state index contributed by atoms with van der Waals surface area (Å²) in [5.41, 5.74) is 6.24. The van der Waals surface area contributed by atoms with E-state index in [2.05, 4.69) is 32.6 Å². The van der Waals surface area contributed by atoms with Gasteiger partial charge in [-0.05, 0) is 34.7 Å². The first-order chi connectivity index (χ1) is 7.68. The van der Waals surface area contributed by atoms with Crippen molar-refractivity contribution in [3.63, 3.8) is 0 Å². The lowest BCUT2D eigenvalue weighted by atomic mass is 10.3. The molecular weight excluding hydrogens is 340 g/mol. The number of halogens is 2. The van der Waals surface area contributed by atoms with Crippen LogP contribution in [0.25, 0.3) is 0 Å². The quantitative estimate of drug-likeness (QED) is 0.670. The molecule has 0 saturated carbocycles. The van der Waals surface area contributed by atoms with Crippen molar-refractivity contribution >= 4 is 39.9 Å². The van der Waals surface area contributed by atoms with E-state index in [1.54, 1.807) is 24.4 Å². The highest BCUT2D eigenvalue weighted by Gasteiger charge is 2.10. The standard InChI is InChI=1S/C10H7ClIN3O/c11-6-2-1-3-8(13)9(6)16-10-7(12)4-14-5-15-10/h1-5H,13H2. The van der Waals surface area contributed by atoms with Gasteiger partial charge in [0.2, 0.25) is 5.88 Å². The zero-order valence-corrected chi connectivity index (χ0v) is 10.9. The first-order valence-corrected chi connectivity index (χ1v) is 5.81. The maximum atomic E-state index is 5.98. The molecule has 0 radical (unpaired) electrons. The molecule has 82 valence electrons. The molecule has 0 fully saturated rings. The predicted octanol–water partition coefficient (Wildman–Crippen LogP) is 3.11. The van der Waals surface area contributed by atoms with Crippen molar-refractivity contribution in [3.05, 3.63) is 39.3 Å². The lowest BCUT2D eigenvalue weighted by Crippen LogP contribution is -1.96. The first kappa shape index (κ1) is 11.4. The monoisotopic (exact) mass is 347 g/mol. The van der Waals surface area contributed by atoms with Crippen molar-refractivity contribution in [1.82, 2.24) is 9.97 Å². The van der Waals surface area contributed by atoms with Crippen molar-refractivity contribution in [1.29, 1.82) is 0 Å². The molecule has 2 aromatic rings. The molecule has 1 aromatic heterocycles. The normalized spacial score (nSPS) is 10.1. The van der Waals surface area contributed by atoms with Crippen LogP contribution < -0.4 is 10.5 Å². The second-order valence-electron chi connectivity index (χ2n) is 2.94. The molecule has 0 bridgehead atoms. The van der Waals surface area contributed by atoms with Gasteiger partial charge in [0.25, 0.3) is 0 Å². The number of nitrogens with zero attached hydrogens (tertiary/aromatic N) is 2. The summed E-state index contributed by atoms with van der Waals surface area (Å²) in [5.74, 6) is 0.858. The van der Waals surface area contributed by atoms with Gasteiger partial charge >= 0.3 is 0 Å². The third-order valence-electron chi connectivity index (χ3n) is 1.83. The molecule has 0 aliphatic heterocycles. The predicted molar refractivity (Wildman–Crippen MR) is 70.7 cm³/mol.